The maximum atomic E-state index is 12.2. The first-order valence-corrected chi connectivity index (χ1v) is 12.7. The molecule has 5 heterocycles. The zero-order valence-corrected chi connectivity index (χ0v) is 20.9. The first-order chi connectivity index (χ1) is 17.3. The summed E-state index contributed by atoms with van der Waals surface area (Å²) in [5, 5.41) is 10.2. The number of rotatable bonds is 7. The molecule has 0 saturated carbocycles. The number of carbonyl (C=O) groups excluding carboxylic acids is 2. The fourth-order valence-corrected chi connectivity index (χ4v) is 6.12. The smallest absolute Gasteiger partial charge is 0.320 e. The van der Waals surface area contributed by atoms with Crippen molar-refractivity contribution in [3.05, 3.63) is 18.2 Å². The maximum Gasteiger partial charge on any atom is 0.320 e. The molecule has 4 aliphatic heterocycles. The van der Waals surface area contributed by atoms with Crippen molar-refractivity contribution in [3.8, 4) is 12.1 Å². The van der Waals surface area contributed by atoms with Crippen molar-refractivity contribution in [3.63, 3.8) is 0 Å². The lowest BCUT2D eigenvalue weighted by Gasteiger charge is -2.47. The lowest BCUT2D eigenvalue weighted by Crippen LogP contribution is -2.59. The highest BCUT2D eigenvalue weighted by Gasteiger charge is 2.49. The summed E-state index contributed by atoms with van der Waals surface area (Å²) in [5.74, 6) is 0.461. The van der Waals surface area contributed by atoms with Gasteiger partial charge in [0.25, 0.3) is 0 Å². The third kappa shape index (κ3) is 4.34. The van der Waals surface area contributed by atoms with E-state index in [1.165, 1.54) is 6.08 Å². The normalized spacial score (nSPS) is 25.2. The fraction of sp³-hybridized carbons (Fsp3) is 0.640. The molecule has 0 radical (unpaired) electrons. The lowest BCUT2D eigenvalue weighted by atomic mass is 9.79. The van der Waals surface area contributed by atoms with Crippen molar-refractivity contribution in [1.29, 1.82) is 5.26 Å². The quantitative estimate of drug-likeness (QED) is 0.538. The number of nitrogens with zero attached hydrogens (tertiary/aromatic N) is 7. The Hall–Kier alpha value is -3.39. The van der Waals surface area contributed by atoms with E-state index in [0.29, 0.717) is 69.0 Å². The van der Waals surface area contributed by atoms with Crippen LogP contribution in [0.1, 0.15) is 37.7 Å². The second-order valence-electron chi connectivity index (χ2n) is 10.6. The summed E-state index contributed by atoms with van der Waals surface area (Å²) in [6.45, 7) is 8.40. The summed E-state index contributed by atoms with van der Waals surface area (Å²) in [6.07, 6.45) is 5.85. The van der Waals surface area contributed by atoms with E-state index in [2.05, 4.69) is 34.5 Å². The molecule has 1 aromatic heterocycles. The molecular weight excluding hydrogens is 460 g/mol. The van der Waals surface area contributed by atoms with Crippen LogP contribution in [0.4, 0.5) is 11.6 Å². The van der Waals surface area contributed by atoms with Gasteiger partial charge in [-0.2, -0.15) is 15.2 Å². The van der Waals surface area contributed by atoms with Crippen LogP contribution in [-0.4, -0.2) is 96.6 Å². The van der Waals surface area contributed by atoms with Gasteiger partial charge in [0.05, 0.1) is 0 Å². The SMILES string of the molecule is C=CC(=O)N1CC2(CCN(c3nc(OCC4CCCN4C)nc(N4CCC[C@@H]4C(N)=O)c3C#N)C2)C1. The van der Waals surface area contributed by atoms with Crippen LogP contribution in [0.15, 0.2) is 12.7 Å². The van der Waals surface area contributed by atoms with E-state index in [1.54, 1.807) is 4.90 Å². The third-order valence-electron chi connectivity index (χ3n) is 8.17. The van der Waals surface area contributed by atoms with Crippen molar-refractivity contribution in [2.45, 2.75) is 44.2 Å². The molecule has 11 nitrogen and oxygen atoms in total. The van der Waals surface area contributed by atoms with Crippen molar-refractivity contribution < 1.29 is 14.3 Å². The molecule has 1 spiro atoms. The molecule has 0 bridgehead atoms. The van der Waals surface area contributed by atoms with Gasteiger partial charge < -0.3 is 30.1 Å². The summed E-state index contributed by atoms with van der Waals surface area (Å²) in [6, 6.07) is 2.30. The average Bonchev–Trinajstić information content (AvgIpc) is 3.60. The van der Waals surface area contributed by atoms with Crippen LogP contribution in [0.3, 0.4) is 0 Å². The molecule has 192 valence electrons. The molecule has 4 saturated heterocycles. The Morgan fingerprint density at radius 3 is 2.61 bits per heavy atom. The van der Waals surface area contributed by atoms with Crippen molar-refractivity contribution in [2.24, 2.45) is 11.1 Å². The number of likely N-dealkylation sites (tertiary alicyclic amines) is 2. The predicted molar refractivity (Wildman–Crippen MR) is 133 cm³/mol. The van der Waals surface area contributed by atoms with E-state index in [4.69, 9.17) is 15.5 Å². The Kier molecular flexibility index (Phi) is 6.47. The Labute approximate surface area is 211 Å². The van der Waals surface area contributed by atoms with E-state index in [0.717, 1.165) is 32.2 Å². The number of aromatic nitrogens is 2. The minimum atomic E-state index is -0.510. The number of nitriles is 1. The Bertz CT molecular complexity index is 1100. The first-order valence-electron chi connectivity index (χ1n) is 12.7. The third-order valence-corrected chi connectivity index (χ3v) is 8.17. The van der Waals surface area contributed by atoms with Gasteiger partial charge in [-0.25, -0.2) is 0 Å². The number of hydrogen-bond acceptors (Lipinski definition) is 9. The number of nitrogens with two attached hydrogens (primary N) is 1. The van der Waals surface area contributed by atoms with Gasteiger partial charge in [0, 0.05) is 44.2 Å². The van der Waals surface area contributed by atoms with Crippen LogP contribution in [0.2, 0.25) is 0 Å². The van der Waals surface area contributed by atoms with Gasteiger partial charge >= 0.3 is 6.01 Å². The predicted octanol–water partition coefficient (Wildman–Crippen LogP) is 0.500. The van der Waals surface area contributed by atoms with Gasteiger partial charge in [-0.1, -0.05) is 6.58 Å². The number of likely N-dealkylation sites (N-methyl/N-ethyl adjacent to an activating group) is 1. The molecule has 0 aromatic carbocycles. The number of amides is 2. The van der Waals surface area contributed by atoms with Gasteiger partial charge in [0.2, 0.25) is 11.8 Å². The van der Waals surface area contributed by atoms with Crippen molar-refractivity contribution >= 4 is 23.5 Å². The molecule has 36 heavy (non-hydrogen) atoms. The number of hydrogen-bond donors (Lipinski definition) is 1. The number of carbonyl (C=O) groups is 2. The number of primary amides is 1. The number of ether oxygens (including phenoxy) is 1. The van der Waals surface area contributed by atoms with Crippen LogP contribution in [0.5, 0.6) is 6.01 Å². The van der Waals surface area contributed by atoms with Crippen LogP contribution in [0.25, 0.3) is 0 Å². The van der Waals surface area contributed by atoms with Gasteiger partial charge in [0.1, 0.15) is 24.3 Å². The highest BCUT2D eigenvalue weighted by Crippen LogP contribution is 2.43. The maximum absolute atomic E-state index is 12.2. The van der Waals surface area contributed by atoms with Gasteiger partial charge in [-0.15, -0.1) is 0 Å². The molecule has 11 heteroatoms. The van der Waals surface area contributed by atoms with E-state index in [-0.39, 0.29) is 17.3 Å². The molecule has 0 aliphatic carbocycles. The summed E-state index contributed by atoms with van der Waals surface area (Å²) in [7, 11) is 2.09. The molecule has 4 aliphatic rings. The van der Waals surface area contributed by atoms with E-state index in [9.17, 15) is 14.9 Å². The zero-order valence-electron chi connectivity index (χ0n) is 20.9. The molecule has 2 amide bonds. The highest BCUT2D eigenvalue weighted by molar-refractivity contribution is 5.88. The average molecular weight is 495 g/mol. The standard InChI is InChI=1S/C25H34N8O3/c1-3-20(34)32-15-25(16-32)8-11-31(14-25)22-18(12-26)23(33-10-5-7-19(33)21(27)35)29-24(28-22)36-13-17-6-4-9-30(17)2/h3,17,19H,1,4-11,13-16H2,2H3,(H2,27,35)/t17?,19-/m1/s1. The molecule has 1 aromatic rings. The molecule has 1 unspecified atom stereocenters. The van der Waals surface area contributed by atoms with E-state index in [1.807, 2.05) is 4.90 Å². The van der Waals surface area contributed by atoms with E-state index < -0.39 is 11.9 Å². The fourth-order valence-electron chi connectivity index (χ4n) is 6.12. The van der Waals surface area contributed by atoms with Gasteiger partial charge in [0.15, 0.2) is 11.6 Å². The molecular formula is C25H34N8O3. The molecule has 2 atom stereocenters. The Morgan fingerprint density at radius 2 is 1.94 bits per heavy atom. The lowest BCUT2D eigenvalue weighted by molar-refractivity contribution is -0.136. The van der Waals surface area contributed by atoms with Crippen molar-refractivity contribution in [1.82, 2.24) is 19.8 Å². The second-order valence-corrected chi connectivity index (χ2v) is 10.6. The topological polar surface area (TPSA) is 132 Å². The summed E-state index contributed by atoms with van der Waals surface area (Å²) < 4.78 is 6.10. The Balaban J connectivity index is 1.44. The number of anilines is 2. The van der Waals surface area contributed by atoms with Gasteiger partial charge in [-0.05, 0) is 51.8 Å². The largest absolute Gasteiger partial charge is 0.462 e. The van der Waals surface area contributed by atoms with Crippen LogP contribution in [0, 0.1) is 16.7 Å². The van der Waals surface area contributed by atoms with Crippen LogP contribution >= 0.6 is 0 Å². The molecule has 5 rings (SSSR count). The zero-order chi connectivity index (χ0) is 25.4. The van der Waals surface area contributed by atoms with Crippen LogP contribution in [-0.2, 0) is 9.59 Å². The summed E-state index contributed by atoms with van der Waals surface area (Å²) in [4.78, 5) is 41.5. The summed E-state index contributed by atoms with van der Waals surface area (Å²) in [5.41, 5.74) is 6.01. The monoisotopic (exact) mass is 494 g/mol. The Morgan fingerprint density at radius 1 is 1.19 bits per heavy atom. The van der Waals surface area contributed by atoms with Crippen molar-refractivity contribution in [2.75, 3.05) is 62.7 Å². The summed E-state index contributed by atoms with van der Waals surface area (Å²) >= 11 is 0. The molecule has 4 fully saturated rings. The van der Waals surface area contributed by atoms with Gasteiger partial charge in [-0.3, -0.25) is 9.59 Å². The van der Waals surface area contributed by atoms with E-state index >= 15 is 0 Å². The first kappa shape index (κ1) is 24.3. The minimum absolute atomic E-state index is 0.0203. The molecule has 2 N–H and O–H groups in total. The highest BCUT2D eigenvalue weighted by atomic mass is 16.5. The van der Waals surface area contributed by atoms with Crippen LogP contribution < -0.4 is 20.3 Å². The second kappa shape index (κ2) is 9.58. The minimum Gasteiger partial charge on any atom is -0.462 e.